The minimum atomic E-state index is -0.0116. The first-order valence-corrected chi connectivity index (χ1v) is 2.44. The van der Waals surface area contributed by atoms with Crippen LogP contribution in [0.2, 0.25) is 0 Å². The summed E-state index contributed by atoms with van der Waals surface area (Å²) < 4.78 is 12.0. The fraction of sp³-hybridized carbons (Fsp3) is 0. The van der Waals surface area contributed by atoms with Gasteiger partial charge < -0.3 is 5.21 Å². The van der Waals surface area contributed by atoms with Crippen LogP contribution in [0.4, 0.5) is 4.39 Å². The maximum atomic E-state index is 12.0. The van der Waals surface area contributed by atoms with E-state index in [1.807, 2.05) is 6.07 Å². The molecule has 2 aliphatic rings. The summed E-state index contributed by atoms with van der Waals surface area (Å²) in [7, 11) is 0. The highest BCUT2D eigenvalue weighted by Crippen LogP contribution is 2.39. The standard InChI is InChI=1S/C6H3F.H3NO/c7-6-4-2-1-3-5(4)6;1-2/h1-3H;2H,1H2. The third kappa shape index (κ3) is 0.800. The third-order valence-corrected chi connectivity index (χ3v) is 1.23. The van der Waals surface area contributed by atoms with Crippen molar-refractivity contribution in [2.45, 2.75) is 0 Å². The summed E-state index contributed by atoms with van der Waals surface area (Å²) in [5.74, 6) is 3.49. The van der Waals surface area contributed by atoms with E-state index in [-0.39, 0.29) is 5.82 Å². The first kappa shape index (κ1) is 6.19. The molecule has 0 fully saturated rings. The first-order chi connectivity index (χ1) is 4.39. The SMILES string of the molecule is Fc1c2cccc1-2.NO. The van der Waals surface area contributed by atoms with E-state index in [1.165, 1.54) is 0 Å². The molecule has 0 amide bonds. The van der Waals surface area contributed by atoms with E-state index in [4.69, 9.17) is 5.21 Å². The number of fused-ring (bicyclic) bond motifs is 1. The van der Waals surface area contributed by atoms with Crippen LogP contribution >= 0.6 is 0 Å². The molecular formula is C6H6FNO. The Morgan fingerprint density at radius 1 is 1.22 bits per heavy atom. The van der Waals surface area contributed by atoms with Crippen LogP contribution < -0.4 is 5.90 Å². The number of benzene rings is 1. The van der Waals surface area contributed by atoms with E-state index >= 15 is 0 Å². The molecule has 0 heterocycles. The maximum Gasteiger partial charge on any atom is 0.139 e. The molecule has 0 bridgehead atoms. The summed E-state index contributed by atoms with van der Waals surface area (Å²) in [6, 6.07) is 5.42. The Kier molecular flexibility index (Phi) is 1.46. The number of nitrogens with two attached hydrogens (primary N) is 1. The summed E-state index contributed by atoms with van der Waals surface area (Å²) in [6.07, 6.45) is 0. The van der Waals surface area contributed by atoms with Gasteiger partial charge in [-0.2, -0.15) is 0 Å². The first-order valence-electron chi connectivity index (χ1n) is 2.44. The van der Waals surface area contributed by atoms with Gasteiger partial charge in [-0.1, -0.05) is 18.2 Å². The molecule has 2 aliphatic carbocycles. The van der Waals surface area contributed by atoms with Crippen LogP contribution in [-0.4, -0.2) is 5.21 Å². The lowest BCUT2D eigenvalue weighted by molar-refractivity contribution is 0.311. The summed E-state index contributed by atoms with van der Waals surface area (Å²) >= 11 is 0. The largest absolute Gasteiger partial charge is 0.320 e. The summed E-state index contributed by atoms with van der Waals surface area (Å²) in [6.45, 7) is 0. The van der Waals surface area contributed by atoms with Gasteiger partial charge >= 0.3 is 0 Å². The lowest BCUT2D eigenvalue weighted by Crippen LogP contribution is -1.72. The second-order valence-corrected chi connectivity index (χ2v) is 1.67. The topological polar surface area (TPSA) is 46.2 Å². The second-order valence-electron chi connectivity index (χ2n) is 1.67. The Hall–Kier alpha value is -0.930. The van der Waals surface area contributed by atoms with E-state index in [0.29, 0.717) is 0 Å². The highest BCUT2D eigenvalue weighted by Gasteiger charge is 2.22. The zero-order valence-electron chi connectivity index (χ0n) is 4.63. The summed E-state index contributed by atoms with van der Waals surface area (Å²) in [5, 5.41) is 6.50. The van der Waals surface area contributed by atoms with Gasteiger partial charge in [-0.05, 0) is 0 Å². The molecule has 0 aromatic carbocycles. The van der Waals surface area contributed by atoms with Crippen molar-refractivity contribution in [3.63, 3.8) is 0 Å². The highest BCUT2D eigenvalue weighted by atomic mass is 19.1. The van der Waals surface area contributed by atoms with Crippen LogP contribution in [0.5, 0.6) is 0 Å². The second kappa shape index (κ2) is 2.13. The van der Waals surface area contributed by atoms with Crippen molar-refractivity contribution >= 4 is 0 Å². The number of hydrogen-bond acceptors (Lipinski definition) is 2. The number of halogens is 1. The molecule has 0 aromatic heterocycles. The van der Waals surface area contributed by atoms with Crippen LogP contribution in [-0.2, 0) is 0 Å². The molecule has 0 atom stereocenters. The molecule has 3 heteroatoms. The lowest BCUT2D eigenvalue weighted by Gasteiger charge is -1.54. The molecule has 0 saturated carbocycles. The molecule has 9 heavy (non-hydrogen) atoms. The molecule has 2 nitrogen and oxygen atoms in total. The molecular weight excluding hydrogens is 121 g/mol. The smallest absolute Gasteiger partial charge is 0.139 e. The minimum absolute atomic E-state index is 0.0116. The van der Waals surface area contributed by atoms with Gasteiger partial charge in [0.25, 0.3) is 0 Å². The average molecular weight is 127 g/mol. The van der Waals surface area contributed by atoms with Crippen LogP contribution in [0.15, 0.2) is 18.2 Å². The van der Waals surface area contributed by atoms with Crippen LogP contribution in [0.1, 0.15) is 0 Å². The fourth-order valence-corrected chi connectivity index (χ4v) is 0.758. The Morgan fingerprint density at radius 2 is 1.67 bits per heavy atom. The minimum Gasteiger partial charge on any atom is -0.320 e. The van der Waals surface area contributed by atoms with Crippen molar-refractivity contribution in [1.82, 2.24) is 0 Å². The quantitative estimate of drug-likeness (QED) is 0.521. The number of hydrogen-bond donors (Lipinski definition) is 2. The van der Waals surface area contributed by atoms with Crippen LogP contribution in [0.3, 0.4) is 0 Å². The van der Waals surface area contributed by atoms with Crippen molar-refractivity contribution in [2.75, 3.05) is 0 Å². The fourth-order valence-electron chi connectivity index (χ4n) is 0.758. The molecule has 3 N–H and O–H groups in total. The molecule has 0 unspecified atom stereocenters. The lowest BCUT2D eigenvalue weighted by atomic mass is 10.6. The van der Waals surface area contributed by atoms with E-state index in [1.54, 1.807) is 12.1 Å². The normalized spacial score (nSPS) is 9.67. The average Bonchev–Trinajstić information content (AvgIpc) is 2.36. The van der Waals surface area contributed by atoms with Crippen molar-refractivity contribution < 1.29 is 9.60 Å². The van der Waals surface area contributed by atoms with Crippen molar-refractivity contribution in [1.29, 1.82) is 0 Å². The van der Waals surface area contributed by atoms with Crippen molar-refractivity contribution in [3.05, 3.63) is 24.0 Å². The van der Waals surface area contributed by atoms with E-state index < -0.39 is 0 Å². The summed E-state index contributed by atoms with van der Waals surface area (Å²) in [5.41, 5.74) is 1.61. The molecule has 0 radical (unpaired) electrons. The van der Waals surface area contributed by atoms with Gasteiger partial charge in [0, 0.05) is 11.1 Å². The van der Waals surface area contributed by atoms with E-state index in [2.05, 4.69) is 5.90 Å². The van der Waals surface area contributed by atoms with Crippen molar-refractivity contribution in [2.24, 2.45) is 5.90 Å². The monoisotopic (exact) mass is 127 g/mol. The van der Waals surface area contributed by atoms with Gasteiger partial charge in [-0.25, -0.2) is 10.3 Å². The van der Waals surface area contributed by atoms with Gasteiger partial charge in [0.1, 0.15) is 5.82 Å². The zero-order valence-corrected chi connectivity index (χ0v) is 4.63. The van der Waals surface area contributed by atoms with E-state index in [9.17, 15) is 4.39 Å². The Balaban J connectivity index is 0.000000186. The van der Waals surface area contributed by atoms with Crippen LogP contribution in [0, 0.1) is 5.82 Å². The Labute approximate surface area is 51.7 Å². The van der Waals surface area contributed by atoms with Gasteiger partial charge in [0.05, 0.1) is 0 Å². The molecule has 2 rings (SSSR count). The van der Waals surface area contributed by atoms with Gasteiger partial charge in [-0.3, -0.25) is 0 Å². The molecule has 0 aromatic rings. The Morgan fingerprint density at radius 3 is 1.89 bits per heavy atom. The molecule has 48 valence electrons. The molecule has 0 spiro atoms. The van der Waals surface area contributed by atoms with Gasteiger partial charge in [0.2, 0.25) is 0 Å². The maximum absolute atomic E-state index is 12.0. The van der Waals surface area contributed by atoms with Crippen molar-refractivity contribution in [3.8, 4) is 11.1 Å². The van der Waals surface area contributed by atoms with Gasteiger partial charge in [0.15, 0.2) is 0 Å². The van der Waals surface area contributed by atoms with Crippen LogP contribution in [0.25, 0.3) is 11.1 Å². The molecule has 0 saturated heterocycles. The highest BCUT2D eigenvalue weighted by molar-refractivity contribution is 5.82. The third-order valence-electron chi connectivity index (χ3n) is 1.23. The number of rotatable bonds is 0. The predicted molar refractivity (Wildman–Crippen MR) is 31.4 cm³/mol. The van der Waals surface area contributed by atoms with Gasteiger partial charge in [-0.15, -0.1) is 0 Å². The van der Waals surface area contributed by atoms with E-state index in [0.717, 1.165) is 11.1 Å². The summed E-state index contributed by atoms with van der Waals surface area (Å²) in [4.78, 5) is 0. The predicted octanol–water partition coefficient (Wildman–Crippen LogP) is 1.14. The Bertz CT molecular complexity index is 204. The zero-order chi connectivity index (χ0) is 6.85. The molecule has 0 aliphatic heterocycles.